The summed E-state index contributed by atoms with van der Waals surface area (Å²) in [5.41, 5.74) is -0.509. The summed E-state index contributed by atoms with van der Waals surface area (Å²) in [6.45, 7) is 5.63. The van der Waals surface area contributed by atoms with Crippen molar-refractivity contribution in [1.82, 2.24) is 0 Å². The maximum atomic E-state index is 11.0. The molecule has 0 aromatic carbocycles. The van der Waals surface area contributed by atoms with Gasteiger partial charge in [-0.3, -0.25) is 4.18 Å². The van der Waals surface area contributed by atoms with E-state index in [4.69, 9.17) is 14.6 Å². The van der Waals surface area contributed by atoms with Crippen LogP contribution in [0.15, 0.2) is 0 Å². The van der Waals surface area contributed by atoms with Crippen molar-refractivity contribution in [2.24, 2.45) is 5.41 Å². The van der Waals surface area contributed by atoms with Crippen molar-refractivity contribution in [3.05, 3.63) is 0 Å². The van der Waals surface area contributed by atoms with E-state index in [2.05, 4.69) is 4.18 Å². The van der Waals surface area contributed by atoms with Crippen LogP contribution in [0.3, 0.4) is 0 Å². The van der Waals surface area contributed by atoms with E-state index in [1.807, 2.05) is 0 Å². The highest BCUT2D eigenvalue weighted by Crippen LogP contribution is 2.22. The number of aliphatic carboxylic acids is 1. The summed E-state index contributed by atoms with van der Waals surface area (Å²) in [5, 5.41) is 8.99. The van der Waals surface area contributed by atoms with Crippen LogP contribution >= 0.6 is 0 Å². The first-order valence-electron chi connectivity index (χ1n) is 5.80. The average Bonchev–Trinajstić information content (AvgIpc) is 2.17. The summed E-state index contributed by atoms with van der Waals surface area (Å²) in [4.78, 5) is 11.0. The number of hydrogen-bond donors (Lipinski definition) is 1. The minimum Gasteiger partial charge on any atom is -0.479 e. The highest BCUT2D eigenvalue weighted by Gasteiger charge is 2.31. The Hall–Kier alpha value is -0.700. The van der Waals surface area contributed by atoms with Gasteiger partial charge in [0.25, 0.3) is 10.1 Å². The van der Waals surface area contributed by atoms with Gasteiger partial charge in [0.2, 0.25) is 0 Å². The molecule has 19 heavy (non-hydrogen) atoms. The Morgan fingerprint density at radius 1 is 1.16 bits per heavy atom. The van der Waals surface area contributed by atoms with E-state index in [0.29, 0.717) is 0 Å². The molecule has 114 valence electrons. The van der Waals surface area contributed by atoms with Crippen molar-refractivity contribution in [2.45, 2.75) is 26.9 Å². The van der Waals surface area contributed by atoms with Crippen molar-refractivity contribution in [3.63, 3.8) is 0 Å². The Morgan fingerprint density at radius 2 is 1.68 bits per heavy atom. The van der Waals surface area contributed by atoms with Gasteiger partial charge in [-0.05, 0) is 5.41 Å². The largest absolute Gasteiger partial charge is 0.479 e. The molecule has 0 aliphatic rings. The van der Waals surface area contributed by atoms with Crippen LogP contribution < -0.4 is 0 Å². The van der Waals surface area contributed by atoms with E-state index >= 15 is 0 Å². The standard InChI is InChI=1S/C11H22O7S/c1-11(2,3)9(10(12)13)17-7-5-16-6-8-18-19(4,14)15/h9H,5-8H2,1-4H3,(H,12,13). The summed E-state index contributed by atoms with van der Waals surface area (Å²) >= 11 is 0. The molecule has 0 saturated carbocycles. The first-order chi connectivity index (χ1) is 8.54. The monoisotopic (exact) mass is 298 g/mol. The summed E-state index contributed by atoms with van der Waals surface area (Å²) in [6, 6.07) is 0. The Labute approximate surface area is 114 Å². The van der Waals surface area contributed by atoms with Gasteiger partial charge in [0.05, 0.1) is 32.7 Å². The van der Waals surface area contributed by atoms with Crippen molar-refractivity contribution in [1.29, 1.82) is 0 Å². The van der Waals surface area contributed by atoms with Crippen molar-refractivity contribution in [3.8, 4) is 0 Å². The summed E-state index contributed by atoms with van der Waals surface area (Å²) in [5.74, 6) is -1.02. The van der Waals surface area contributed by atoms with E-state index in [1.165, 1.54) is 0 Å². The molecule has 0 spiro atoms. The number of carboxylic acids is 1. The van der Waals surface area contributed by atoms with Gasteiger partial charge in [-0.25, -0.2) is 4.79 Å². The number of hydrogen-bond acceptors (Lipinski definition) is 6. The first-order valence-corrected chi connectivity index (χ1v) is 7.62. The molecule has 0 aliphatic carbocycles. The van der Waals surface area contributed by atoms with Crippen LogP contribution in [0.1, 0.15) is 20.8 Å². The molecule has 0 heterocycles. The Bertz CT molecular complexity index is 369. The zero-order valence-electron chi connectivity index (χ0n) is 11.7. The third-order valence-electron chi connectivity index (χ3n) is 2.05. The van der Waals surface area contributed by atoms with Gasteiger partial charge >= 0.3 is 5.97 Å². The zero-order chi connectivity index (χ0) is 15.1. The molecule has 0 saturated heterocycles. The normalized spacial score (nSPS) is 14.3. The SMILES string of the molecule is CC(C)(C)C(OCCOCCOS(C)(=O)=O)C(=O)O. The predicted octanol–water partition coefficient (Wildman–Crippen LogP) is 0.495. The summed E-state index contributed by atoms with van der Waals surface area (Å²) in [7, 11) is -3.45. The fourth-order valence-corrected chi connectivity index (χ4v) is 1.63. The maximum Gasteiger partial charge on any atom is 0.333 e. The molecule has 7 nitrogen and oxygen atoms in total. The third-order valence-corrected chi connectivity index (χ3v) is 2.64. The molecular weight excluding hydrogens is 276 g/mol. The highest BCUT2D eigenvalue weighted by atomic mass is 32.2. The fraction of sp³-hybridized carbons (Fsp3) is 0.909. The van der Waals surface area contributed by atoms with Crippen LogP contribution in [-0.4, -0.2) is 58.3 Å². The molecule has 0 bridgehead atoms. The molecule has 1 atom stereocenters. The fourth-order valence-electron chi connectivity index (χ4n) is 1.26. The topological polar surface area (TPSA) is 99.1 Å². The lowest BCUT2D eigenvalue weighted by atomic mass is 9.89. The van der Waals surface area contributed by atoms with Crippen LogP contribution in [0, 0.1) is 5.41 Å². The zero-order valence-corrected chi connectivity index (χ0v) is 12.5. The molecular formula is C11H22O7S. The number of ether oxygens (including phenoxy) is 2. The first kappa shape index (κ1) is 18.3. The lowest BCUT2D eigenvalue weighted by Crippen LogP contribution is -2.37. The quantitative estimate of drug-likeness (QED) is 0.488. The molecule has 0 radical (unpaired) electrons. The van der Waals surface area contributed by atoms with Crippen LogP contribution in [0.4, 0.5) is 0 Å². The summed E-state index contributed by atoms with van der Waals surface area (Å²) in [6.07, 6.45) is 0.0417. The molecule has 0 fully saturated rings. The molecule has 0 aromatic heterocycles. The molecule has 0 aliphatic heterocycles. The third kappa shape index (κ3) is 9.83. The molecule has 1 unspecified atom stereocenters. The van der Waals surface area contributed by atoms with Gasteiger partial charge in [-0.15, -0.1) is 0 Å². The Morgan fingerprint density at radius 3 is 2.11 bits per heavy atom. The Balaban J connectivity index is 3.76. The second-order valence-corrected chi connectivity index (χ2v) is 6.74. The van der Waals surface area contributed by atoms with Gasteiger partial charge in [-0.1, -0.05) is 20.8 Å². The smallest absolute Gasteiger partial charge is 0.333 e. The van der Waals surface area contributed by atoms with Crippen LogP contribution in [0.5, 0.6) is 0 Å². The van der Waals surface area contributed by atoms with Crippen LogP contribution in [-0.2, 0) is 28.6 Å². The van der Waals surface area contributed by atoms with Gasteiger partial charge in [0, 0.05) is 0 Å². The van der Waals surface area contributed by atoms with E-state index in [9.17, 15) is 13.2 Å². The van der Waals surface area contributed by atoms with Gasteiger partial charge in [-0.2, -0.15) is 8.42 Å². The number of carbonyl (C=O) groups is 1. The van der Waals surface area contributed by atoms with Gasteiger partial charge < -0.3 is 14.6 Å². The second-order valence-electron chi connectivity index (χ2n) is 5.09. The molecule has 0 aromatic rings. The minimum atomic E-state index is -3.45. The van der Waals surface area contributed by atoms with Crippen LogP contribution in [0.2, 0.25) is 0 Å². The minimum absolute atomic E-state index is 0.0690. The maximum absolute atomic E-state index is 11.0. The molecule has 0 amide bonds. The molecule has 0 rings (SSSR count). The van der Waals surface area contributed by atoms with E-state index in [1.54, 1.807) is 20.8 Å². The van der Waals surface area contributed by atoms with E-state index < -0.39 is 27.6 Å². The van der Waals surface area contributed by atoms with Gasteiger partial charge in [0.15, 0.2) is 6.10 Å². The van der Waals surface area contributed by atoms with Crippen molar-refractivity contribution >= 4 is 16.1 Å². The van der Waals surface area contributed by atoms with E-state index in [0.717, 1.165) is 6.26 Å². The molecule has 8 heteroatoms. The average molecular weight is 298 g/mol. The number of rotatable bonds is 9. The highest BCUT2D eigenvalue weighted by molar-refractivity contribution is 7.85. The summed E-state index contributed by atoms with van der Waals surface area (Å²) < 4.78 is 36.0. The van der Waals surface area contributed by atoms with E-state index in [-0.39, 0.29) is 26.4 Å². The van der Waals surface area contributed by atoms with Gasteiger partial charge in [0.1, 0.15) is 0 Å². The lowest BCUT2D eigenvalue weighted by Gasteiger charge is -2.26. The predicted molar refractivity (Wildman–Crippen MR) is 68.4 cm³/mol. The Kier molecular flexibility index (Phi) is 7.50. The second kappa shape index (κ2) is 7.78. The van der Waals surface area contributed by atoms with Crippen molar-refractivity contribution < 1.29 is 32.0 Å². The van der Waals surface area contributed by atoms with Crippen molar-refractivity contribution in [2.75, 3.05) is 32.7 Å². The lowest BCUT2D eigenvalue weighted by molar-refractivity contribution is -0.159. The van der Waals surface area contributed by atoms with Crippen LogP contribution in [0.25, 0.3) is 0 Å². The number of carboxylic acid groups (broad SMARTS) is 1. The molecule has 1 N–H and O–H groups in total.